The fraction of sp³-hybridized carbons (Fsp3) is 0.176. The van der Waals surface area contributed by atoms with Crippen molar-refractivity contribution in [2.45, 2.75) is 0 Å². The minimum atomic E-state index is -0.248. The number of hydrogen-bond donors (Lipinski definition) is 0. The van der Waals surface area contributed by atoms with Gasteiger partial charge in [0.15, 0.2) is 11.5 Å². The Balaban J connectivity index is 1.98. The average Bonchev–Trinajstić information content (AvgIpc) is 3.16. The Kier molecular flexibility index (Phi) is 3.68. The highest BCUT2D eigenvalue weighted by Crippen LogP contribution is 2.39. The molecule has 0 amide bonds. The maximum Gasteiger partial charge on any atom is 0.266 e. The van der Waals surface area contributed by atoms with Crippen LogP contribution < -0.4 is 19.8 Å². The minimum absolute atomic E-state index is 0.248. The van der Waals surface area contributed by atoms with E-state index in [0.717, 1.165) is 0 Å². The van der Waals surface area contributed by atoms with Crippen LogP contribution in [0.25, 0.3) is 22.4 Å². The van der Waals surface area contributed by atoms with Crippen LogP contribution >= 0.6 is 0 Å². The number of nitrogens with zero attached hydrogens (tertiary/aromatic N) is 5. The zero-order valence-electron chi connectivity index (χ0n) is 14.3. The number of pyridine rings is 1. The number of ether oxygens (including phenoxy) is 3. The molecule has 0 aliphatic carbocycles. The maximum atomic E-state index is 13.0. The fourth-order valence-corrected chi connectivity index (χ4v) is 2.87. The molecular weight excluding hydrogens is 338 g/mol. The lowest BCUT2D eigenvalue weighted by Gasteiger charge is -2.15. The van der Waals surface area contributed by atoms with Gasteiger partial charge in [0.25, 0.3) is 11.3 Å². The van der Waals surface area contributed by atoms with Gasteiger partial charge in [-0.3, -0.25) is 9.36 Å². The third-order valence-corrected chi connectivity index (χ3v) is 4.10. The molecule has 1 aromatic carbocycles. The Labute approximate surface area is 147 Å². The smallest absolute Gasteiger partial charge is 0.266 e. The van der Waals surface area contributed by atoms with Crippen molar-refractivity contribution in [3.05, 3.63) is 47.3 Å². The molecule has 0 aliphatic rings. The second kappa shape index (κ2) is 6.03. The van der Waals surface area contributed by atoms with Crippen molar-refractivity contribution in [2.75, 3.05) is 21.3 Å². The topological polar surface area (TPSA) is 92.8 Å². The van der Waals surface area contributed by atoms with Gasteiger partial charge in [0.2, 0.25) is 5.75 Å². The molecule has 9 heteroatoms. The predicted octanol–water partition coefficient (Wildman–Crippen LogP) is 1.45. The van der Waals surface area contributed by atoms with Crippen LogP contribution in [0.15, 0.2) is 41.7 Å². The lowest BCUT2D eigenvalue weighted by Crippen LogP contribution is -2.19. The number of methoxy groups -OCH3 is 3. The van der Waals surface area contributed by atoms with E-state index in [4.69, 9.17) is 14.2 Å². The van der Waals surface area contributed by atoms with Crippen molar-refractivity contribution < 1.29 is 14.2 Å². The third kappa shape index (κ3) is 2.25. The number of rotatable bonds is 4. The molecule has 9 nitrogen and oxygen atoms in total. The monoisotopic (exact) mass is 353 g/mol. The molecule has 0 bridgehead atoms. The van der Waals surface area contributed by atoms with Gasteiger partial charge in [-0.15, -0.1) is 0 Å². The average molecular weight is 353 g/mol. The Bertz CT molecular complexity index is 1160. The summed E-state index contributed by atoms with van der Waals surface area (Å²) in [5.41, 5.74) is 0.952. The molecule has 3 aromatic heterocycles. The molecule has 4 aromatic rings. The second-order valence-corrected chi connectivity index (χ2v) is 5.40. The third-order valence-electron chi connectivity index (χ3n) is 4.10. The van der Waals surface area contributed by atoms with E-state index in [-0.39, 0.29) is 5.56 Å². The van der Waals surface area contributed by atoms with Crippen LogP contribution in [-0.4, -0.2) is 45.5 Å². The molecule has 3 heterocycles. The maximum absolute atomic E-state index is 13.0. The lowest BCUT2D eigenvalue weighted by molar-refractivity contribution is 0.324. The number of aromatic nitrogens is 5. The van der Waals surface area contributed by atoms with Crippen LogP contribution in [0.4, 0.5) is 0 Å². The first-order valence-corrected chi connectivity index (χ1v) is 7.68. The van der Waals surface area contributed by atoms with Crippen LogP contribution in [0.5, 0.6) is 17.2 Å². The van der Waals surface area contributed by atoms with Gasteiger partial charge in [-0.25, -0.2) is 4.98 Å². The number of hydrogen-bond acceptors (Lipinski definition) is 7. The molecule has 0 unspecified atom stereocenters. The van der Waals surface area contributed by atoms with E-state index in [1.165, 1.54) is 42.9 Å². The van der Waals surface area contributed by atoms with Gasteiger partial charge in [0, 0.05) is 24.5 Å². The molecule has 0 atom stereocenters. The van der Waals surface area contributed by atoms with Gasteiger partial charge in [-0.2, -0.15) is 14.6 Å². The summed E-state index contributed by atoms with van der Waals surface area (Å²) in [4.78, 5) is 21.2. The second-order valence-electron chi connectivity index (χ2n) is 5.40. The van der Waals surface area contributed by atoms with Gasteiger partial charge >= 0.3 is 0 Å². The van der Waals surface area contributed by atoms with Crippen molar-refractivity contribution in [1.29, 1.82) is 0 Å². The summed E-state index contributed by atoms with van der Waals surface area (Å²) in [5, 5.41) is 4.52. The first-order valence-electron chi connectivity index (χ1n) is 7.68. The minimum Gasteiger partial charge on any atom is -0.493 e. The van der Waals surface area contributed by atoms with Crippen molar-refractivity contribution in [3.63, 3.8) is 0 Å². The zero-order chi connectivity index (χ0) is 18.3. The molecule has 0 N–H and O–H groups in total. The highest BCUT2D eigenvalue weighted by Gasteiger charge is 2.16. The Hall–Kier alpha value is -3.62. The summed E-state index contributed by atoms with van der Waals surface area (Å²) in [6.07, 6.45) is 4.55. The number of benzene rings is 1. The van der Waals surface area contributed by atoms with Crippen LogP contribution in [0, 0.1) is 0 Å². The molecule has 132 valence electrons. The summed E-state index contributed by atoms with van der Waals surface area (Å²) < 4.78 is 19.1. The van der Waals surface area contributed by atoms with Gasteiger partial charge < -0.3 is 14.2 Å². The van der Waals surface area contributed by atoms with E-state index < -0.39 is 0 Å². The van der Waals surface area contributed by atoms with Crippen LogP contribution in [0.2, 0.25) is 0 Å². The summed E-state index contributed by atoms with van der Waals surface area (Å²) in [7, 11) is 4.57. The Morgan fingerprint density at radius 2 is 1.73 bits per heavy atom. The molecule has 0 radical (unpaired) electrons. The van der Waals surface area contributed by atoms with E-state index in [0.29, 0.717) is 39.6 Å². The molecule has 0 aliphatic heterocycles. The summed E-state index contributed by atoms with van der Waals surface area (Å²) in [6, 6.07) is 5.19. The normalized spacial score (nSPS) is 11.0. The Morgan fingerprint density at radius 1 is 1.00 bits per heavy atom. The van der Waals surface area contributed by atoms with Crippen molar-refractivity contribution in [1.82, 2.24) is 24.1 Å². The van der Waals surface area contributed by atoms with Crippen LogP contribution in [0.1, 0.15) is 0 Å². The van der Waals surface area contributed by atoms with Crippen molar-refractivity contribution in [3.8, 4) is 22.9 Å². The first-order chi connectivity index (χ1) is 12.7. The molecule has 4 rings (SSSR count). The zero-order valence-corrected chi connectivity index (χ0v) is 14.3. The molecule has 26 heavy (non-hydrogen) atoms. The van der Waals surface area contributed by atoms with E-state index in [1.54, 1.807) is 24.4 Å². The van der Waals surface area contributed by atoms with Crippen molar-refractivity contribution in [2.24, 2.45) is 0 Å². The van der Waals surface area contributed by atoms with Gasteiger partial charge in [-0.1, -0.05) is 0 Å². The van der Waals surface area contributed by atoms with Crippen molar-refractivity contribution >= 4 is 16.7 Å². The van der Waals surface area contributed by atoms with Crippen LogP contribution in [-0.2, 0) is 0 Å². The van der Waals surface area contributed by atoms with E-state index in [9.17, 15) is 4.79 Å². The first kappa shape index (κ1) is 15.9. The summed E-state index contributed by atoms with van der Waals surface area (Å²) in [5.74, 6) is 1.80. The highest BCUT2D eigenvalue weighted by molar-refractivity contribution is 5.79. The van der Waals surface area contributed by atoms with E-state index in [2.05, 4.69) is 15.1 Å². The van der Waals surface area contributed by atoms with Crippen LogP contribution in [0.3, 0.4) is 0 Å². The van der Waals surface area contributed by atoms with E-state index in [1.807, 2.05) is 0 Å². The summed E-state index contributed by atoms with van der Waals surface area (Å²) >= 11 is 0. The number of fused-ring (bicyclic) bond motifs is 3. The Morgan fingerprint density at radius 3 is 2.38 bits per heavy atom. The van der Waals surface area contributed by atoms with Gasteiger partial charge in [-0.05, 0) is 6.07 Å². The summed E-state index contributed by atoms with van der Waals surface area (Å²) in [6.45, 7) is 0. The standard InChI is InChI=1S/C17H15N5O4/c1-24-13-6-10(7-14(25-2)15(13)26-3)21-5-4-12-11(16(21)23)8-18-17-19-9-20-22(12)17/h4-9H,1-3H3. The largest absolute Gasteiger partial charge is 0.493 e. The van der Waals surface area contributed by atoms with Gasteiger partial charge in [0.05, 0.1) is 37.9 Å². The predicted molar refractivity (Wildman–Crippen MR) is 93.5 cm³/mol. The molecule has 0 saturated carbocycles. The molecule has 0 fully saturated rings. The molecule has 0 saturated heterocycles. The van der Waals surface area contributed by atoms with Gasteiger partial charge in [0.1, 0.15) is 6.33 Å². The fourth-order valence-electron chi connectivity index (χ4n) is 2.87. The van der Waals surface area contributed by atoms with E-state index >= 15 is 0 Å². The molecular formula is C17H15N5O4. The quantitative estimate of drug-likeness (QED) is 0.548. The SMILES string of the molecule is COc1cc(-n2ccc3c(cnc4ncnn43)c2=O)cc(OC)c1OC. The molecule has 0 spiro atoms. The highest BCUT2D eigenvalue weighted by atomic mass is 16.5. The lowest BCUT2D eigenvalue weighted by atomic mass is 10.2.